The number of halogens is 3. The number of nitrogens with zero attached hydrogens (tertiary/aromatic N) is 1. The van der Waals surface area contributed by atoms with Crippen LogP contribution in [0.25, 0.3) is 11.0 Å². The Balaban J connectivity index is 2.07. The van der Waals surface area contributed by atoms with Gasteiger partial charge in [-0.2, -0.15) is 0 Å². The van der Waals surface area contributed by atoms with E-state index in [4.69, 9.17) is 9.60 Å². The smallest absolute Gasteiger partial charge is 0.232 e. The van der Waals surface area contributed by atoms with E-state index in [1.807, 2.05) is 0 Å². The molecule has 1 aromatic carbocycles. The van der Waals surface area contributed by atoms with Gasteiger partial charge in [0.15, 0.2) is 5.82 Å². The van der Waals surface area contributed by atoms with Crippen LogP contribution in [0.2, 0.25) is 0 Å². The van der Waals surface area contributed by atoms with Crippen molar-refractivity contribution in [1.29, 1.82) is 0 Å². The van der Waals surface area contributed by atoms with Gasteiger partial charge in [-0.3, -0.25) is 4.72 Å². The number of pyridine rings is 1. The fourth-order valence-corrected chi connectivity index (χ4v) is 3.48. The van der Waals surface area contributed by atoms with Crippen LogP contribution in [0.5, 0.6) is 0 Å². The number of aromatic nitrogens is 2. The number of fused-ring (bicyclic) bond motifs is 1. The lowest BCUT2D eigenvalue weighted by atomic mass is 10.00. The Morgan fingerprint density at radius 2 is 2.26 bits per heavy atom. The lowest BCUT2D eigenvalue weighted by Gasteiger charge is -2.16. The number of anilines is 1. The molecule has 0 radical (unpaired) electrons. The third kappa shape index (κ3) is 3.97. The zero-order valence-electron chi connectivity index (χ0n) is 20.2. The molecule has 0 saturated heterocycles. The summed E-state index contributed by atoms with van der Waals surface area (Å²) in [6, 6.07) is 2.72. The summed E-state index contributed by atoms with van der Waals surface area (Å²) in [4.78, 5) is 6.76. The van der Waals surface area contributed by atoms with Gasteiger partial charge in [0.2, 0.25) is 10.0 Å². The summed E-state index contributed by atoms with van der Waals surface area (Å²) < 4.78 is 108. The maximum absolute atomic E-state index is 15.2. The minimum Gasteiger partial charge on any atom is -0.383 e. The summed E-state index contributed by atoms with van der Waals surface area (Å²) in [5.41, 5.74) is -5.79. The maximum Gasteiger partial charge on any atom is 0.232 e. The number of nitrogens with one attached hydrogen (secondary N) is 2. The Kier molecular flexibility index (Phi) is 3.46. The second-order valence-electron chi connectivity index (χ2n) is 5.35. The molecule has 3 rings (SSSR count). The molecule has 3 aromatic rings. The van der Waals surface area contributed by atoms with E-state index >= 15 is 4.39 Å². The molecule has 0 saturated carbocycles. The van der Waals surface area contributed by atoms with Gasteiger partial charge < -0.3 is 10.1 Å². The second-order valence-corrected chi connectivity index (χ2v) is 7.68. The molecule has 0 spiro atoms. The topological polar surface area (TPSA) is 95.1 Å². The van der Waals surface area contributed by atoms with Crippen molar-refractivity contribution in [1.82, 2.24) is 9.97 Å². The first-order valence-electron chi connectivity index (χ1n) is 10.7. The normalized spacial score (nSPS) is 18.4. The number of H-pyrrole nitrogens is 1. The summed E-state index contributed by atoms with van der Waals surface area (Å²) in [7, 11) is -5.54. The molecule has 1 atom stereocenters. The molecule has 10 heteroatoms. The molecule has 3 N–H and O–H groups in total. The molecule has 0 aliphatic heterocycles. The van der Waals surface area contributed by atoms with E-state index in [1.54, 1.807) is 0 Å². The number of aliphatic hydroxyl groups excluding tert-OH is 1. The maximum atomic E-state index is 15.2. The SMILES string of the molecule is [2H]C([2H])([2H])C([2H])([2H])C([2H])([2H])S(=O)(=O)Nc1ccc(F)c(C(O)c2c[nH]c3ncc(Br)cc23)c1F. The number of aromatic amines is 1. The predicted molar refractivity (Wildman–Crippen MR) is 102 cm³/mol. The molecule has 0 amide bonds. The Labute approximate surface area is 172 Å². The highest BCUT2D eigenvalue weighted by Crippen LogP contribution is 2.34. The van der Waals surface area contributed by atoms with Gasteiger partial charge in [0.25, 0.3) is 0 Å². The molecular formula is C17H16BrF2N3O3S. The Morgan fingerprint density at radius 3 is 3.00 bits per heavy atom. The predicted octanol–water partition coefficient (Wildman–Crippen LogP) is 3.84. The highest BCUT2D eigenvalue weighted by molar-refractivity contribution is 9.10. The molecule has 144 valence electrons. The first kappa shape index (κ1) is 12.4. The van der Waals surface area contributed by atoms with Crippen LogP contribution in [-0.2, 0) is 10.0 Å². The minimum absolute atomic E-state index is 0.00401. The standard InChI is InChI=1S/C17H16BrF2N3O3S/c1-2-5-27(25,26)23-13-4-3-12(19)14(15(13)20)16(24)11-8-22-17-10(11)6-9(18)7-21-17/h3-4,6-8,16,23-24H,2,5H2,1H3,(H,21,22)/i1D3,2D2,5D2. The average molecular weight is 467 g/mol. The minimum atomic E-state index is -5.54. The highest BCUT2D eigenvalue weighted by atomic mass is 79.9. The number of hydrogen-bond acceptors (Lipinski definition) is 4. The fourth-order valence-electron chi connectivity index (χ4n) is 2.52. The quantitative estimate of drug-likeness (QED) is 0.514. The van der Waals surface area contributed by atoms with Crippen LogP contribution in [0.4, 0.5) is 14.5 Å². The summed E-state index contributed by atoms with van der Waals surface area (Å²) in [5.74, 6) is -2.87. The third-order valence-electron chi connectivity index (χ3n) is 3.65. The Morgan fingerprint density at radius 1 is 1.48 bits per heavy atom. The first-order valence-corrected chi connectivity index (χ1v) is 9.51. The summed E-state index contributed by atoms with van der Waals surface area (Å²) in [6.45, 7) is -3.69. The zero-order valence-corrected chi connectivity index (χ0v) is 15.6. The van der Waals surface area contributed by atoms with Crippen molar-refractivity contribution in [2.75, 3.05) is 10.4 Å². The van der Waals surface area contributed by atoms with Gasteiger partial charge in [-0.15, -0.1) is 0 Å². The number of benzene rings is 1. The molecule has 6 nitrogen and oxygen atoms in total. The summed E-state index contributed by atoms with van der Waals surface area (Å²) >= 11 is 3.19. The van der Waals surface area contributed by atoms with Crippen LogP contribution in [0, 0.1) is 11.6 Å². The average Bonchev–Trinajstić information content (AvgIpc) is 3.12. The van der Waals surface area contributed by atoms with Crippen molar-refractivity contribution < 1.29 is 31.9 Å². The van der Waals surface area contributed by atoms with Crippen molar-refractivity contribution in [2.45, 2.75) is 19.3 Å². The van der Waals surface area contributed by atoms with Crippen LogP contribution in [0.15, 0.2) is 35.1 Å². The van der Waals surface area contributed by atoms with Gasteiger partial charge in [0, 0.05) is 37.4 Å². The monoisotopic (exact) mass is 466 g/mol. The van der Waals surface area contributed by atoms with Crippen molar-refractivity contribution in [3.63, 3.8) is 0 Å². The summed E-state index contributed by atoms with van der Waals surface area (Å²) in [6.07, 6.45) is -3.17. The lowest BCUT2D eigenvalue weighted by molar-refractivity contribution is 0.211. The molecule has 2 aromatic heterocycles. The number of rotatable bonds is 6. The second kappa shape index (κ2) is 7.53. The van der Waals surface area contributed by atoms with Crippen LogP contribution in [-0.4, -0.2) is 29.2 Å². The molecule has 27 heavy (non-hydrogen) atoms. The van der Waals surface area contributed by atoms with Gasteiger partial charge >= 0.3 is 0 Å². The van der Waals surface area contributed by atoms with E-state index in [-0.39, 0.29) is 11.2 Å². The van der Waals surface area contributed by atoms with Gasteiger partial charge in [0.05, 0.1) is 17.0 Å². The van der Waals surface area contributed by atoms with E-state index in [1.165, 1.54) is 23.2 Å². The Bertz CT molecular complexity index is 1370. The van der Waals surface area contributed by atoms with Gasteiger partial charge in [-0.1, -0.05) is 6.85 Å². The molecule has 2 heterocycles. The molecule has 0 bridgehead atoms. The van der Waals surface area contributed by atoms with Crippen molar-refractivity contribution in [3.05, 3.63) is 57.8 Å². The van der Waals surface area contributed by atoms with Crippen molar-refractivity contribution in [2.24, 2.45) is 0 Å². The van der Waals surface area contributed by atoms with Crippen molar-refractivity contribution >= 4 is 42.7 Å². The largest absolute Gasteiger partial charge is 0.383 e. The van der Waals surface area contributed by atoms with Gasteiger partial charge in [-0.25, -0.2) is 22.2 Å². The van der Waals surface area contributed by atoms with Crippen LogP contribution in [0.3, 0.4) is 0 Å². The molecule has 1 unspecified atom stereocenters. The van der Waals surface area contributed by atoms with Crippen LogP contribution >= 0.6 is 15.9 Å². The first-order chi connectivity index (χ1) is 15.4. The van der Waals surface area contributed by atoms with Crippen molar-refractivity contribution in [3.8, 4) is 0 Å². The number of hydrogen-bond donors (Lipinski definition) is 3. The number of aliphatic hydroxyl groups is 1. The van der Waals surface area contributed by atoms with E-state index in [0.29, 0.717) is 22.0 Å². The third-order valence-corrected chi connectivity index (χ3v) is 4.95. The lowest BCUT2D eigenvalue weighted by Crippen LogP contribution is -2.18. The molecule has 0 aliphatic rings. The molecule has 0 fully saturated rings. The van der Waals surface area contributed by atoms with Gasteiger partial charge in [-0.05, 0) is 40.5 Å². The van der Waals surface area contributed by atoms with Crippen LogP contribution < -0.4 is 4.72 Å². The number of sulfonamides is 1. The molecular weight excluding hydrogens is 444 g/mol. The fraction of sp³-hybridized carbons (Fsp3) is 0.235. The van der Waals surface area contributed by atoms with Gasteiger partial charge in [0.1, 0.15) is 17.6 Å². The van der Waals surface area contributed by atoms with E-state index < -0.39 is 57.9 Å². The Hall–Kier alpha value is -2.04. The highest BCUT2D eigenvalue weighted by Gasteiger charge is 2.26. The summed E-state index contributed by atoms with van der Waals surface area (Å²) in [5, 5.41) is 11.0. The van der Waals surface area contributed by atoms with Crippen LogP contribution in [0.1, 0.15) is 40.1 Å². The molecule has 0 aliphatic carbocycles. The van der Waals surface area contributed by atoms with E-state index in [9.17, 15) is 17.9 Å². The van der Waals surface area contributed by atoms with E-state index in [0.717, 1.165) is 0 Å². The zero-order chi connectivity index (χ0) is 25.9. The van der Waals surface area contributed by atoms with E-state index in [2.05, 4.69) is 25.9 Å².